The number of ether oxygens (including phenoxy) is 1. The largest absolute Gasteiger partial charge is 0.481 e. The molecule has 5 heteroatoms. The smallest absolute Gasteiger partial charge is 0.308 e. The molecule has 1 aliphatic heterocycles. The van der Waals surface area contributed by atoms with Gasteiger partial charge in [-0.2, -0.15) is 0 Å². The lowest BCUT2D eigenvalue weighted by Crippen LogP contribution is -2.49. The van der Waals surface area contributed by atoms with Gasteiger partial charge < -0.3 is 14.7 Å². The van der Waals surface area contributed by atoms with E-state index < -0.39 is 11.9 Å². The Morgan fingerprint density at radius 2 is 2.00 bits per heavy atom. The Morgan fingerprint density at radius 3 is 2.71 bits per heavy atom. The van der Waals surface area contributed by atoms with Crippen molar-refractivity contribution in [3.8, 4) is 0 Å². The van der Waals surface area contributed by atoms with Gasteiger partial charge in [0.25, 0.3) is 0 Å². The van der Waals surface area contributed by atoms with Crippen molar-refractivity contribution >= 4 is 11.9 Å². The molecule has 1 heterocycles. The average molecular weight is 333 g/mol. The number of piperidine rings is 1. The fourth-order valence-electron chi connectivity index (χ4n) is 3.23. The summed E-state index contributed by atoms with van der Waals surface area (Å²) < 4.78 is 5.60. The molecule has 0 aromatic heterocycles. The molecule has 0 unspecified atom stereocenters. The third-order valence-electron chi connectivity index (χ3n) is 4.68. The summed E-state index contributed by atoms with van der Waals surface area (Å²) in [5, 5.41) is 9.22. The molecule has 0 spiro atoms. The van der Waals surface area contributed by atoms with Gasteiger partial charge in [0.2, 0.25) is 5.91 Å². The zero-order valence-corrected chi connectivity index (χ0v) is 14.3. The number of benzene rings is 1. The van der Waals surface area contributed by atoms with Crippen molar-refractivity contribution in [2.75, 3.05) is 19.8 Å². The highest BCUT2D eigenvalue weighted by Gasteiger charge is 2.34. The van der Waals surface area contributed by atoms with Gasteiger partial charge in [-0.05, 0) is 38.2 Å². The lowest BCUT2D eigenvalue weighted by atomic mass is 9.90. The fraction of sp³-hybridized carbons (Fsp3) is 0.579. The van der Waals surface area contributed by atoms with E-state index in [0.29, 0.717) is 39.0 Å². The molecule has 0 aliphatic carbocycles. The number of aliphatic carboxylic acids is 1. The van der Waals surface area contributed by atoms with E-state index in [4.69, 9.17) is 4.74 Å². The normalized spacial score (nSPS) is 20.8. The van der Waals surface area contributed by atoms with Crippen LogP contribution in [0.25, 0.3) is 0 Å². The van der Waals surface area contributed by atoms with Gasteiger partial charge in [-0.1, -0.05) is 30.3 Å². The van der Waals surface area contributed by atoms with Crippen LogP contribution in [-0.4, -0.2) is 47.7 Å². The van der Waals surface area contributed by atoms with Gasteiger partial charge in [-0.3, -0.25) is 9.59 Å². The number of carboxylic acid groups (broad SMARTS) is 1. The third-order valence-corrected chi connectivity index (χ3v) is 4.68. The minimum absolute atomic E-state index is 0.0418. The predicted molar refractivity (Wildman–Crippen MR) is 91.7 cm³/mol. The summed E-state index contributed by atoms with van der Waals surface area (Å²) in [6.07, 6.45) is 3.39. The highest BCUT2D eigenvalue weighted by atomic mass is 16.5. The maximum Gasteiger partial charge on any atom is 0.308 e. The van der Waals surface area contributed by atoms with E-state index in [2.05, 4.69) is 12.1 Å². The summed E-state index contributed by atoms with van der Waals surface area (Å²) in [4.78, 5) is 25.3. The van der Waals surface area contributed by atoms with Crippen LogP contribution in [-0.2, 0) is 20.7 Å². The molecule has 0 bridgehead atoms. The predicted octanol–water partition coefficient (Wildman–Crippen LogP) is 2.74. The first-order valence-electron chi connectivity index (χ1n) is 8.73. The van der Waals surface area contributed by atoms with Gasteiger partial charge in [-0.25, -0.2) is 0 Å². The topological polar surface area (TPSA) is 66.8 Å². The molecule has 0 radical (unpaired) electrons. The van der Waals surface area contributed by atoms with Crippen LogP contribution in [0.15, 0.2) is 30.3 Å². The second kappa shape index (κ2) is 9.42. The highest BCUT2D eigenvalue weighted by Crippen LogP contribution is 2.24. The molecule has 1 aromatic rings. The number of hydrogen-bond acceptors (Lipinski definition) is 3. The van der Waals surface area contributed by atoms with Gasteiger partial charge >= 0.3 is 5.97 Å². The quantitative estimate of drug-likeness (QED) is 0.743. The first-order chi connectivity index (χ1) is 11.6. The maximum atomic E-state index is 12.3. The van der Waals surface area contributed by atoms with Crippen molar-refractivity contribution in [2.45, 2.75) is 45.1 Å². The molecular formula is C19H27NO4. The first-order valence-corrected chi connectivity index (χ1v) is 8.73. The molecule has 2 rings (SSSR count). The van der Waals surface area contributed by atoms with E-state index in [0.717, 1.165) is 12.8 Å². The van der Waals surface area contributed by atoms with Crippen LogP contribution in [0.1, 0.15) is 38.2 Å². The Hall–Kier alpha value is -1.88. The number of likely N-dealkylation sites (tertiary alicyclic amines) is 1. The highest BCUT2D eigenvalue weighted by molar-refractivity contribution is 5.78. The van der Waals surface area contributed by atoms with Crippen molar-refractivity contribution in [2.24, 2.45) is 5.92 Å². The van der Waals surface area contributed by atoms with E-state index in [9.17, 15) is 14.7 Å². The summed E-state index contributed by atoms with van der Waals surface area (Å²) in [7, 11) is 0. The van der Waals surface area contributed by atoms with Crippen LogP contribution in [0.4, 0.5) is 0 Å². The average Bonchev–Trinajstić information content (AvgIpc) is 2.58. The maximum absolute atomic E-state index is 12.3. The molecule has 1 N–H and O–H groups in total. The van der Waals surface area contributed by atoms with Crippen molar-refractivity contribution in [1.82, 2.24) is 4.90 Å². The van der Waals surface area contributed by atoms with E-state index in [-0.39, 0.29) is 11.9 Å². The van der Waals surface area contributed by atoms with Gasteiger partial charge in [0.05, 0.1) is 12.5 Å². The van der Waals surface area contributed by atoms with Crippen LogP contribution >= 0.6 is 0 Å². The zero-order valence-electron chi connectivity index (χ0n) is 14.3. The molecule has 1 aliphatic rings. The number of carbonyl (C=O) groups excluding carboxylic acids is 1. The van der Waals surface area contributed by atoms with Crippen LogP contribution in [0, 0.1) is 5.92 Å². The minimum atomic E-state index is -0.802. The molecule has 0 saturated carbocycles. The van der Waals surface area contributed by atoms with E-state index >= 15 is 0 Å². The Bertz CT molecular complexity index is 531. The number of nitrogens with zero attached hydrogens (tertiary/aromatic N) is 1. The first kappa shape index (κ1) is 18.5. The molecule has 1 fully saturated rings. The lowest BCUT2D eigenvalue weighted by molar-refractivity contribution is -0.149. The molecule has 24 heavy (non-hydrogen) atoms. The number of carboxylic acids is 1. The van der Waals surface area contributed by atoms with Gasteiger partial charge in [0.1, 0.15) is 0 Å². The molecule has 1 saturated heterocycles. The van der Waals surface area contributed by atoms with Crippen molar-refractivity contribution in [1.29, 1.82) is 0 Å². The molecular weight excluding hydrogens is 306 g/mol. The fourth-order valence-corrected chi connectivity index (χ4v) is 3.23. The molecule has 2 atom stereocenters. The number of rotatable bonds is 8. The monoisotopic (exact) mass is 333 g/mol. The van der Waals surface area contributed by atoms with Crippen LogP contribution < -0.4 is 0 Å². The molecule has 1 aromatic carbocycles. The van der Waals surface area contributed by atoms with Crippen molar-refractivity contribution < 1.29 is 19.4 Å². The summed E-state index contributed by atoms with van der Waals surface area (Å²) in [6.45, 7) is 3.72. The van der Waals surface area contributed by atoms with E-state index in [1.54, 1.807) is 4.90 Å². The lowest BCUT2D eigenvalue weighted by Gasteiger charge is -2.37. The Balaban J connectivity index is 1.63. The number of amides is 1. The molecule has 132 valence electrons. The number of carbonyl (C=O) groups is 2. The van der Waals surface area contributed by atoms with Gasteiger partial charge in [0, 0.05) is 25.6 Å². The van der Waals surface area contributed by atoms with Gasteiger partial charge in [0.15, 0.2) is 0 Å². The summed E-state index contributed by atoms with van der Waals surface area (Å²) >= 11 is 0. The Morgan fingerprint density at radius 1 is 1.25 bits per heavy atom. The SMILES string of the molecule is C[C@@H]1[C@H](C(=O)O)CCCN1C(=O)CCCOCCc1ccccc1. The molecule has 1 amide bonds. The summed E-state index contributed by atoms with van der Waals surface area (Å²) in [5.41, 5.74) is 1.25. The molecule has 5 nitrogen and oxygen atoms in total. The van der Waals surface area contributed by atoms with Gasteiger partial charge in [-0.15, -0.1) is 0 Å². The van der Waals surface area contributed by atoms with E-state index in [1.807, 2.05) is 25.1 Å². The Kier molecular flexibility index (Phi) is 7.25. The van der Waals surface area contributed by atoms with Crippen molar-refractivity contribution in [3.63, 3.8) is 0 Å². The minimum Gasteiger partial charge on any atom is -0.481 e. The van der Waals surface area contributed by atoms with Crippen LogP contribution in [0.3, 0.4) is 0 Å². The Labute approximate surface area is 143 Å². The van der Waals surface area contributed by atoms with Crippen molar-refractivity contribution in [3.05, 3.63) is 35.9 Å². The summed E-state index contributed by atoms with van der Waals surface area (Å²) in [6, 6.07) is 9.94. The zero-order chi connectivity index (χ0) is 17.4. The van der Waals surface area contributed by atoms with Crippen LogP contribution in [0.5, 0.6) is 0 Å². The second-order valence-electron chi connectivity index (χ2n) is 6.37. The standard InChI is InChI=1S/C19H27NO4/c1-15-17(19(22)23)9-5-12-20(15)18(21)10-6-13-24-14-11-16-7-3-2-4-8-16/h2-4,7-8,15,17H,5-6,9-14H2,1H3,(H,22,23)/t15-,17-/m1/s1. The van der Waals surface area contributed by atoms with E-state index in [1.165, 1.54) is 5.56 Å². The number of hydrogen-bond donors (Lipinski definition) is 1. The summed E-state index contributed by atoms with van der Waals surface area (Å²) in [5.74, 6) is -1.20. The van der Waals surface area contributed by atoms with Crippen LogP contribution in [0.2, 0.25) is 0 Å². The second-order valence-corrected chi connectivity index (χ2v) is 6.37. The third kappa shape index (κ3) is 5.34.